The number of hydrogen-bond acceptors (Lipinski definition) is 2. The van der Waals surface area contributed by atoms with E-state index >= 15 is 0 Å². The van der Waals surface area contributed by atoms with Gasteiger partial charge in [-0.25, -0.2) is 0 Å². The Labute approximate surface area is 120 Å². The molecule has 0 saturated carbocycles. The van der Waals surface area contributed by atoms with Crippen molar-refractivity contribution in [3.8, 4) is 5.75 Å². The van der Waals surface area contributed by atoms with Gasteiger partial charge in [0, 0.05) is 0 Å². The molecular formula is C14H11Cl2NO2. The number of rotatable bonds is 2. The zero-order valence-electron chi connectivity index (χ0n) is 10.1. The number of hydrogen-bond donors (Lipinski definition) is 2. The van der Waals surface area contributed by atoms with E-state index in [-0.39, 0.29) is 16.3 Å². The summed E-state index contributed by atoms with van der Waals surface area (Å²) in [6.07, 6.45) is 0. The monoisotopic (exact) mass is 295 g/mol. The van der Waals surface area contributed by atoms with Crippen LogP contribution in [0.25, 0.3) is 0 Å². The first-order valence-electron chi connectivity index (χ1n) is 5.54. The van der Waals surface area contributed by atoms with E-state index in [2.05, 4.69) is 5.32 Å². The Bertz CT molecular complexity index is 621. The van der Waals surface area contributed by atoms with Crippen LogP contribution >= 0.6 is 23.2 Å². The average molecular weight is 296 g/mol. The van der Waals surface area contributed by atoms with E-state index in [1.807, 2.05) is 13.0 Å². The third-order valence-electron chi connectivity index (χ3n) is 2.66. The van der Waals surface area contributed by atoms with E-state index in [1.165, 1.54) is 18.2 Å². The summed E-state index contributed by atoms with van der Waals surface area (Å²) in [5.41, 5.74) is 1.58. The van der Waals surface area contributed by atoms with Gasteiger partial charge in [0.2, 0.25) is 0 Å². The highest BCUT2D eigenvalue weighted by Crippen LogP contribution is 2.27. The van der Waals surface area contributed by atoms with Crippen molar-refractivity contribution in [2.45, 2.75) is 6.92 Å². The maximum atomic E-state index is 12.1. The molecule has 0 bridgehead atoms. The Hall–Kier alpha value is -1.71. The second kappa shape index (κ2) is 5.51. The molecule has 0 aliphatic rings. The van der Waals surface area contributed by atoms with Crippen molar-refractivity contribution >= 4 is 34.8 Å². The molecule has 98 valence electrons. The van der Waals surface area contributed by atoms with Crippen molar-refractivity contribution in [2.24, 2.45) is 0 Å². The zero-order valence-corrected chi connectivity index (χ0v) is 11.6. The molecule has 2 aromatic rings. The topological polar surface area (TPSA) is 49.3 Å². The van der Waals surface area contributed by atoms with Crippen LogP contribution in [-0.2, 0) is 0 Å². The lowest BCUT2D eigenvalue weighted by Gasteiger charge is -2.11. The van der Waals surface area contributed by atoms with Crippen LogP contribution in [0.1, 0.15) is 15.9 Å². The van der Waals surface area contributed by atoms with Crippen molar-refractivity contribution in [1.82, 2.24) is 0 Å². The van der Waals surface area contributed by atoms with Gasteiger partial charge in [-0.15, -0.1) is 0 Å². The van der Waals surface area contributed by atoms with Crippen LogP contribution in [0.3, 0.4) is 0 Å². The molecule has 0 heterocycles. The van der Waals surface area contributed by atoms with Crippen LogP contribution in [0, 0.1) is 6.92 Å². The number of carbonyl (C=O) groups is 1. The number of amides is 1. The first kappa shape index (κ1) is 13.7. The minimum absolute atomic E-state index is 0.0227. The summed E-state index contributed by atoms with van der Waals surface area (Å²) in [6, 6.07) is 9.52. The predicted molar refractivity (Wildman–Crippen MR) is 77.3 cm³/mol. The van der Waals surface area contributed by atoms with E-state index < -0.39 is 5.91 Å². The molecule has 0 aliphatic heterocycles. The van der Waals surface area contributed by atoms with Crippen LogP contribution in [-0.4, -0.2) is 11.0 Å². The summed E-state index contributed by atoms with van der Waals surface area (Å²) >= 11 is 12.0. The van der Waals surface area contributed by atoms with Gasteiger partial charge in [-0.1, -0.05) is 35.3 Å². The molecule has 0 saturated heterocycles. The van der Waals surface area contributed by atoms with Gasteiger partial charge in [-0.05, 0) is 36.8 Å². The van der Waals surface area contributed by atoms with Gasteiger partial charge in [0.1, 0.15) is 5.75 Å². The molecule has 0 radical (unpaired) electrons. The first-order chi connectivity index (χ1) is 8.99. The van der Waals surface area contributed by atoms with E-state index in [4.69, 9.17) is 23.2 Å². The predicted octanol–water partition coefficient (Wildman–Crippen LogP) is 4.26. The third kappa shape index (κ3) is 3.00. The van der Waals surface area contributed by atoms with Crippen LogP contribution in [0.4, 0.5) is 5.69 Å². The van der Waals surface area contributed by atoms with Crippen LogP contribution in [0.15, 0.2) is 36.4 Å². The van der Waals surface area contributed by atoms with Gasteiger partial charge in [-0.2, -0.15) is 0 Å². The maximum absolute atomic E-state index is 12.1. The number of halogens is 2. The van der Waals surface area contributed by atoms with Gasteiger partial charge in [0.25, 0.3) is 5.91 Å². The van der Waals surface area contributed by atoms with Gasteiger partial charge in [-0.3, -0.25) is 4.79 Å². The Kier molecular flexibility index (Phi) is 3.98. The second-order valence-corrected chi connectivity index (χ2v) is 4.86. The SMILES string of the molecule is Cc1cccc(Cl)c1NC(=O)c1cc(O)ccc1Cl. The normalized spacial score (nSPS) is 10.3. The summed E-state index contributed by atoms with van der Waals surface area (Å²) in [6.45, 7) is 1.84. The number of phenolic OH excluding ortho intramolecular Hbond substituents is 1. The van der Waals surface area contributed by atoms with E-state index in [0.29, 0.717) is 10.7 Å². The number of para-hydroxylation sites is 1. The van der Waals surface area contributed by atoms with Crippen molar-refractivity contribution < 1.29 is 9.90 Å². The molecular weight excluding hydrogens is 285 g/mol. The lowest BCUT2D eigenvalue weighted by molar-refractivity contribution is 0.102. The highest BCUT2D eigenvalue weighted by Gasteiger charge is 2.14. The number of anilines is 1. The Morgan fingerprint density at radius 2 is 1.89 bits per heavy atom. The Morgan fingerprint density at radius 1 is 1.16 bits per heavy atom. The largest absolute Gasteiger partial charge is 0.508 e. The molecule has 2 N–H and O–H groups in total. The molecule has 2 rings (SSSR count). The lowest BCUT2D eigenvalue weighted by Crippen LogP contribution is -2.13. The van der Waals surface area contributed by atoms with Crippen molar-refractivity contribution in [3.63, 3.8) is 0 Å². The fourth-order valence-corrected chi connectivity index (χ4v) is 2.13. The van der Waals surface area contributed by atoms with E-state index in [1.54, 1.807) is 12.1 Å². The molecule has 0 fully saturated rings. The number of aromatic hydroxyl groups is 1. The Balaban J connectivity index is 2.34. The van der Waals surface area contributed by atoms with Gasteiger partial charge in [0.15, 0.2) is 0 Å². The van der Waals surface area contributed by atoms with Crippen molar-refractivity contribution in [3.05, 3.63) is 57.6 Å². The molecule has 0 atom stereocenters. The number of benzene rings is 2. The first-order valence-corrected chi connectivity index (χ1v) is 6.29. The number of nitrogens with one attached hydrogen (secondary N) is 1. The van der Waals surface area contributed by atoms with E-state index in [9.17, 15) is 9.90 Å². The maximum Gasteiger partial charge on any atom is 0.257 e. The molecule has 2 aromatic carbocycles. The minimum Gasteiger partial charge on any atom is -0.508 e. The third-order valence-corrected chi connectivity index (χ3v) is 3.30. The summed E-state index contributed by atoms with van der Waals surface area (Å²) in [5.74, 6) is -0.442. The van der Waals surface area contributed by atoms with Crippen LogP contribution in [0.5, 0.6) is 5.75 Å². The summed E-state index contributed by atoms with van der Waals surface area (Å²) in [7, 11) is 0. The average Bonchev–Trinajstić information content (AvgIpc) is 2.37. The smallest absolute Gasteiger partial charge is 0.257 e. The number of phenols is 1. The molecule has 0 spiro atoms. The lowest BCUT2D eigenvalue weighted by atomic mass is 10.1. The molecule has 19 heavy (non-hydrogen) atoms. The highest BCUT2D eigenvalue weighted by molar-refractivity contribution is 6.36. The fraction of sp³-hybridized carbons (Fsp3) is 0.0714. The summed E-state index contributed by atoms with van der Waals surface area (Å²) < 4.78 is 0. The highest BCUT2D eigenvalue weighted by atomic mass is 35.5. The molecule has 3 nitrogen and oxygen atoms in total. The van der Waals surface area contributed by atoms with Crippen molar-refractivity contribution in [1.29, 1.82) is 0 Å². The van der Waals surface area contributed by atoms with Gasteiger partial charge in [0.05, 0.1) is 21.3 Å². The molecule has 1 amide bonds. The molecule has 0 aromatic heterocycles. The minimum atomic E-state index is -0.419. The summed E-state index contributed by atoms with van der Waals surface area (Å²) in [4.78, 5) is 12.1. The summed E-state index contributed by atoms with van der Waals surface area (Å²) in [5, 5.41) is 12.8. The van der Waals surface area contributed by atoms with Crippen LogP contribution < -0.4 is 5.32 Å². The van der Waals surface area contributed by atoms with E-state index in [0.717, 1.165) is 5.56 Å². The molecule has 0 unspecified atom stereocenters. The second-order valence-electron chi connectivity index (χ2n) is 4.05. The fourth-order valence-electron chi connectivity index (χ4n) is 1.66. The zero-order chi connectivity index (χ0) is 14.0. The van der Waals surface area contributed by atoms with Crippen LogP contribution in [0.2, 0.25) is 10.0 Å². The molecule has 5 heteroatoms. The Morgan fingerprint density at radius 3 is 2.58 bits per heavy atom. The standard InChI is InChI=1S/C14H11Cl2NO2/c1-8-3-2-4-12(16)13(8)17-14(19)10-7-9(18)5-6-11(10)15/h2-7,18H,1H3,(H,17,19). The number of carbonyl (C=O) groups excluding carboxylic acids is 1. The molecule has 0 aliphatic carbocycles. The number of aryl methyl sites for hydroxylation is 1. The van der Waals surface area contributed by atoms with Gasteiger partial charge >= 0.3 is 0 Å². The quantitative estimate of drug-likeness (QED) is 0.870. The van der Waals surface area contributed by atoms with Crippen molar-refractivity contribution in [2.75, 3.05) is 5.32 Å². The van der Waals surface area contributed by atoms with Gasteiger partial charge < -0.3 is 10.4 Å².